The molecule has 4 aliphatic carbocycles. The highest BCUT2D eigenvalue weighted by atomic mass is 16.6. The highest BCUT2D eigenvalue weighted by Gasteiger charge is 2.63. The highest BCUT2D eigenvalue weighted by Crippen LogP contribution is 2.67. The number of nitrogens with zero attached hydrogens (tertiary/aromatic N) is 1. The summed E-state index contributed by atoms with van der Waals surface area (Å²) in [6.07, 6.45) is 15.1. The Kier molecular flexibility index (Phi) is 7.44. The fraction of sp³-hybridized carbons (Fsp3) is 0.714. The molecule has 0 aromatic heterocycles. The van der Waals surface area contributed by atoms with Crippen LogP contribution in [0.5, 0.6) is 0 Å². The molecule has 0 aromatic carbocycles. The van der Waals surface area contributed by atoms with Crippen LogP contribution in [0.2, 0.25) is 0 Å². The molecule has 5 N–H and O–H groups in total. The number of nitrogens with one attached hydrogen (secondary N) is 1. The van der Waals surface area contributed by atoms with Gasteiger partial charge in [-0.15, -0.1) is 6.42 Å². The molecule has 0 aliphatic heterocycles. The SMILES string of the molecule is C#C[C@@]1(O)CCC2C3CCC4=CC(=NOCC(=O)NC(CCC(N)=O)C(=O)O)CC[C@]4(C)C3CC[C@@]21C. The molecule has 4 aliphatic rings. The van der Waals surface area contributed by atoms with Gasteiger partial charge in [0.1, 0.15) is 11.6 Å². The van der Waals surface area contributed by atoms with Gasteiger partial charge in [0, 0.05) is 11.8 Å². The van der Waals surface area contributed by atoms with Gasteiger partial charge in [-0.1, -0.05) is 30.5 Å². The van der Waals surface area contributed by atoms with Gasteiger partial charge in [0.05, 0.1) is 5.71 Å². The standard InChI is InChI=1S/C28H39N3O6/c1-4-28(36)14-11-21-19-6-5-17-15-18(9-12-26(17,2)20(19)10-13-27(21,28)3)31-37-16-24(33)30-22(25(34)35)7-8-23(29)32/h1,15,19-22,36H,5-14,16H2,2-3H3,(H2,29,32)(H,30,33)(H,34,35)/t19?,20?,21?,22?,26-,27-,28+/m0/s1. The molecule has 4 unspecified atom stereocenters. The number of aliphatic hydroxyl groups is 1. The topological polar surface area (TPSA) is 151 Å². The fourth-order valence-electron chi connectivity index (χ4n) is 7.85. The predicted octanol–water partition coefficient (Wildman–Crippen LogP) is 2.52. The molecular formula is C28H39N3O6. The lowest BCUT2D eigenvalue weighted by Crippen LogP contribution is -2.54. The van der Waals surface area contributed by atoms with E-state index >= 15 is 0 Å². The number of amides is 2. The van der Waals surface area contributed by atoms with E-state index < -0.39 is 36.0 Å². The molecule has 4 rings (SSSR count). The molecule has 0 heterocycles. The van der Waals surface area contributed by atoms with Crippen molar-refractivity contribution in [2.24, 2.45) is 39.5 Å². The van der Waals surface area contributed by atoms with Crippen LogP contribution in [0, 0.1) is 40.9 Å². The summed E-state index contributed by atoms with van der Waals surface area (Å²) in [5.41, 5.74) is 6.08. The zero-order valence-corrected chi connectivity index (χ0v) is 21.8. The Morgan fingerprint density at radius 2 is 1.95 bits per heavy atom. The molecule has 202 valence electrons. The molecule has 7 atom stereocenters. The third-order valence-corrected chi connectivity index (χ3v) is 10.1. The van der Waals surface area contributed by atoms with E-state index in [4.69, 9.17) is 17.0 Å². The largest absolute Gasteiger partial charge is 0.480 e. The van der Waals surface area contributed by atoms with Gasteiger partial charge >= 0.3 is 5.97 Å². The summed E-state index contributed by atoms with van der Waals surface area (Å²) < 4.78 is 0. The Bertz CT molecular complexity index is 1060. The van der Waals surface area contributed by atoms with Crippen LogP contribution in [0.3, 0.4) is 0 Å². The number of oxime groups is 1. The molecular weight excluding hydrogens is 474 g/mol. The van der Waals surface area contributed by atoms with Crippen LogP contribution in [0.25, 0.3) is 0 Å². The van der Waals surface area contributed by atoms with Crippen LogP contribution >= 0.6 is 0 Å². The summed E-state index contributed by atoms with van der Waals surface area (Å²) in [5.74, 6) is 1.80. The first-order valence-electron chi connectivity index (χ1n) is 13.3. The van der Waals surface area contributed by atoms with E-state index in [1.165, 1.54) is 5.57 Å². The molecule has 9 nitrogen and oxygen atoms in total. The van der Waals surface area contributed by atoms with Crippen molar-refractivity contribution in [2.75, 3.05) is 6.61 Å². The zero-order chi connectivity index (χ0) is 27.0. The molecule has 0 bridgehead atoms. The molecule has 0 radical (unpaired) electrons. The molecule has 37 heavy (non-hydrogen) atoms. The second-order valence-corrected chi connectivity index (χ2v) is 11.8. The van der Waals surface area contributed by atoms with E-state index in [2.05, 4.69) is 36.3 Å². The number of primary amides is 1. The number of carboxylic acids is 1. The number of aliphatic carboxylic acids is 1. The monoisotopic (exact) mass is 513 g/mol. The first-order valence-corrected chi connectivity index (χ1v) is 13.3. The van der Waals surface area contributed by atoms with E-state index in [-0.39, 0.29) is 23.7 Å². The summed E-state index contributed by atoms with van der Waals surface area (Å²) >= 11 is 0. The Hall–Kier alpha value is -2.86. The first-order chi connectivity index (χ1) is 17.4. The molecule has 0 saturated heterocycles. The highest BCUT2D eigenvalue weighted by molar-refractivity contribution is 5.96. The van der Waals surface area contributed by atoms with Gasteiger partial charge < -0.3 is 26.1 Å². The maximum Gasteiger partial charge on any atom is 0.326 e. The van der Waals surface area contributed by atoms with Crippen LogP contribution in [0.15, 0.2) is 16.8 Å². The summed E-state index contributed by atoms with van der Waals surface area (Å²) in [4.78, 5) is 39.6. The number of hydrogen-bond acceptors (Lipinski definition) is 6. The number of nitrogens with two attached hydrogens (primary N) is 1. The normalized spacial score (nSPS) is 38.3. The van der Waals surface area contributed by atoms with E-state index in [1.54, 1.807) is 0 Å². The maximum atomic E-state index is 12.1. The van der Waals surface area contributed by atoms with Crippen LogP contribution in [-0.2, 0) is 19.2 Å². The Morgan fingerprint density at radius 1 is 1.22 bits per heavy atom. The van der Waals surface area contributed by atoms with Gasteiger partial charge in [-0.2, -0.15) is 0 Å². The van der Waals surface area contributed by atoms with Crippen molar-refractivity contribution in [3.63, 3.8) is 0 Å². The minimum atomic E-state index is -1.24. The van der Waals surface area contributed by atoms with Crippen LogP contribution in [0.4, 0.5) is 0 Å². The first kappa shape index (κ1) is 27.2. The van der Waals surface area contributed by atoms with Crippen molar-refractivity contribution in [2.45, 2.75) is 89.7 Å². The number of carbonyl (C=O) groups excluding carboxylic acids is 2. The molecule has 3 saturated carbocycles. The predicted molar refractivity (Wildman–Crippen MR) is 137 cm³/mol. The second kappa shape index (κ2) is 10.1. The number of allylic oxidation sites excluding steroid dienone is 2. The number of fused-ring (bicyclic) bond motifs is 5. The summed E-state index contributed by atoms with van der Waals surface area (Å²) in [7, 11) is 0. The van der Waals surface area contributed by atoms with Gasteiger partial charge in [-0.05, 0) is 87.0 Å². The van der Waals surface area contributed by atoms with Gasteiger partial charge in [-0.3, -0.25) is 9.59 Å². The third kappa shape index (κ3) is 4.88. The summed E-state index contributed by atoms with van der Waals surface area (Å²) in [6.45, 7) is 4.15. The van der Waals surface area contributed by atoms with Crippen molar-refractivity contribution in [1.29, 1.82) is 0 Å². The van der Waals surface area contributed by atoms with Gasteiger partial charge in [-0.25, -0.2) is 4.79 Å². The minimum absolute atomic E-state index is 0.0760. The van der Waals surface area contributed by atoms with Crippen LogP contribution in [0.1, 0.15) is 78.1 Å². The van der Waals surface area contributed by atoms with E-state index in [0.29, 0.717) is 24.2 Å². The average molecular weight is 514 g/mol. The maximum absolute atomic E-state index is 12.1. The zero-order valence-electron chi connectivity index (χ0n) is 21.8. The summed E-state index contributed by atoms with van der Waals surface area (Å²) in [6, 6.07) is -1.21. The van der Waals surface area contributed by atoms with Gasteiger partial charge in [0.15, 0.2) is 6.61 Å². The quantitative estimate of drug-likeness (QED) is 0.289. The smallest absolute Gasteiger partial charge is 0.326 e. The second-order valence-electron chi connectivity index (χ2n) is 11.8. The Balaban J connectivity index is 1.37. The van der Waals surface area contributed by atoms with E-state index in [9.17, 15) is 24.6 Å². The van der Waals surface area contributed by atoms with Gasteiger partial charge in [0.25, 0.3) is 5.91 Å². The van der Waals surface area contributed by atoms with Crippen molar-refractivity contribution < 1.29 is 29.4 Å². The number of carbonyl (C=O) groups is 3. The van der Waals surface area contributed by atoms with Crippen molar-refractivity contribution >= 4 is 23.5 Å². The lowest BCUT2D eigenvalue weighted by atomic mass is 9.46. The molecule has 0 aromatic rings. The number of carboxylic acid groups (broad SMARTS) is 1. The number of rotatable bonds is 8. The van der Waals surface area contributed by atoms with Crippen molar-refractivity contribution in [3.8, 4) is 12.3 Å². The average Bonchev–Trinajstić information content (AvgIpc) is 3.12. The van der Waals surface area contributed by atoms with Gasteiger partial charge in [0.2, 0.25) is 5.91 Å². The van der Waals surface area contributed by atoms with Crippen LogP contribution < -0.4 is 11.1 Å². The summed E-state index contributed by atoms with van der Waals surface area (Å²) in [5, 5.41) is 26.9. The Labute approximate surface area is 218 Å². The minimum Gasteiger partial charge on any atom is -0.480 e. The lowest BCUT2D eigenvalue weighted by Gasteiger charge is -2.58. The van der Waals surface area contributed by atoms with Crippen molar-refractivity contribution in [1.82, 2.24) is 5.32 Å². The third-order valence-electron chi connectivity index (χ3n) is 10.1. The lowest BCUT2D eigenvalue weighted by molar-refractivity contribution is -0.142. The molecule has 0 spiro atoms. The van der Waals surface area contributed by atoms with Crippen LogP contribution in [-0.4, -0.2) is 52.0 Å². The van der Waals surface area contributed by atoms with E-state index in [0.717, 1.165) is 50.7 Å². The molecule has 2 amide bonds. The number of terminal acetylenes is 1. The molecule has 3 fully saturated rings. The molecule has 9 heteroatoms. The number of hydrogen-bond donors (Lipinski definition) is 4. The van der Waals surface area contributed by atoms with E-state index in [1.807, 2.05) is 0 Å². The van der Waals surface area contributed by atoms with Crippen molar-refractivity contribution in [3.05, 3.63) is 11.6 Å². The fourth-order valence-corrected chi connectivity index (χ4v) is 7.85. The Morgan fingerprint density at radius 3 is 2.62 bits per heavy atom.